The predicted molar refractivity (Wildman–Crippen MR) is 91.1 cm³/mol. The van der Waals surface area contributed by atoms with Crippen molar-refractivity contribution in [3.63, 3.8) is 0 Å². The highest BCUT2D eigenvalue weighted by Gasteiger charge is 2.15. The minimum absolute atomic E-state index is 0.0733. The zero-order chi connectivity index (χ0) is 17.5. The quantitative estimate of drug-likeness (QED) is 0.856. The van der Waals surface area contributed by atoms with Crippen molar-refractivity contribution in [3.8, 4) is 0 Å². The van der Waals surface area contributed by atoms with Gasteiger partial charge in [-0.2, -0.15) is 0 Å². The van der Waals surface area contributed by atoms with Gasteiger partial charge in [0.15, 0.2) is 0 Å². The third kappa shape index (κ3) is 4.65. The highest BCUT2D eigenvalue weighted by molar-refractivity contribution is 5.96. The van der Waals surface area contributed by atoms with E-state index in [4.69, 9.17) is 0 Å². The lowest BCUT2D eigenvalue weighted by atomic mass is 10.0. The molecule has 2 rings (SSSR count). The molecule has 126 valence electrons. The van der Waals surface area contributed by atoms with Gasteiger partial charge in [-0.1, -0.05) is 48.9 Å². The van der Waals surface area contributed by atoms with E-state index in [0.29, 0.717) is 0 Å². The van der Waals surface area contributed by atoms with Crippen LogP contribution in [0.1, 0.15) is 40.9 Å². The van der Waals surface area contributed by atoms with Gasteiger partial charge in [-0.15, -0.1) is 0 Å². The zero-order valence-electron chi connectivity index (χ0n) is 13.8. The van der Waals surface area contributed by atoms with Gasteiger partial charge in [-0.3, -0.25) is 9.59 Å². The molecule has 2 N–H and O–H groups in total. The van der Waals surface area contributed by atoms with E-state index in [1.165, 1.54) is 18.2 Å². The van der Waals surface area contributed by atoms with Gasteiger partial charge in [0.05, 0.1) is 18.2 Å². The molecule has 1 atom stereocenters. The number of benzene rings is 2. The molecule has 0 saturated carbocycles. The number of hydrogen-bond acceptors (Lipinski definition) is 2. The molecule has 2 aromatic carbocycles. The molecule has 0 spiro atoms. The molecule has 0 unspecified atom stereocenters. The fourth-order valence-corrected chi connectivity index (χ4v) is 2.37. The molecule has 0 saturated heterocycles. The number of hydrogen-bond donors (Lipinski definition) is 2. The van der Waals surface area contributed by atoms with Gasteiger partial charge >= 0.3 is 0 Å². The number of aryl methyl sites for hydroxylation is 1. The third-order valence-electron chi connectivity index (χ3n) is 3.75. The molecule has 0 aliphatic carbocycles. The molecule has 5 heteroatoms. The number of carbonyl (C=O) groups excluding carboxylic acids is 2. The summed E-state index contributed by atoms with van der Waals surface area (Å²) in [6, 6.07) is 13.5. The summed E-state index contributed by atoms with van der Waals surface area (Å²) >= 11 is 0. The first-order valence-electron chi connectivity index (χ1n) is 7.90. The summed E-state index contributed by atoms with van der Waals surface area (Å²) in [6.45, 7) is 3.78. The van der Waals surface area contributed by atoms with Crippen LogP contribution in [-0.2, 0) is 4.79 Å². The van der Waals surface area contributed by atoms with E-state index in [1.54, 1.807) is 6.07 Å². The van der Waals surface area contributed by atoms with Gasteiger partial charge in [0.2, 0.25) is 5.91 Å². The third-order valence-corrected chi connectivity index (χ3v) is 3.75. The van der Waals surface area contributed by atoms with Crippen LogP contribution in [0.25, 0.3) is 0 Å². The Morgan fingerprint density at radius 1 is 1.08 bits per heavy atom. The van der Waals surface area contributed by atoms with Crippen LogP contribution in [0, 0.1) is 12.7 Å². The van der Waals surface area contributed by atoms with Gasteiger partial charge in [0, 0.05) is 0 Å². The van der Waals surface area contributed by atoms with Crippen LogP contribution in [0.4, 0.5) is 4.39 Å². The maximum atomic E-state index is 13.5. The van der Waals surface area contributed by atoms with Crippen molar-refractivity contribution < 1.29 is 14.0 Å². The largest absolute Gasteiger partial charge is 0.348 e. The summed E-state index contributed by atoms with van der Waals surface area (Å²) < 4.78 is 13.5. The van der Waals surface area contributed by atoms with E-state index < -0.39 is 11.7 Å². The van der Waals surface area contributed by atoms with E-state index in [2.05, 4.69) is 10.6 Å². The molecule has 0 radical (unpaired) electrons. The van der Waals surface area contributed by atoms with Crippen LogP contribution in [0.15, 0.2) is 48.5 Å². The van der Waals surface area contributed by atoms with Gasteiger partial charge in [0.25, 0.3) is 5.91 Å². The van der Waals surface area contributed by atoms with Gasteiger partial charge in [-0.25, -0.2) is 4.39 Å². The average molecular weight is 328 g/mol. The molecule has 0 aromatic heterocycles. The lowest BCUT2D eigenvalue weighted by Crippen LogP contribution is -2.38. The van der Waals surface area contributed by atoms with Gasteiger partial charge in [0.1, 0.15) is 5.82 Å². The van der Waals surface area contributed by atoms with Crippen LogP contribution in [0.5, 0.6) is 0 Å². The topological polar surface area (TPSA) is 58.2 Å². The summed E-state index contributed by atoms with van der Waals surface area (Å²) in [5, 5.41) is 5.32. The van der Waals surface area contributed by atoms with Crippen LogP contribution < -0.4 is 10.6 Å². The first kappa shape index (κ1) is 17.7. The van der Waals surface area contributed by atoms with Crippen molar-refractivity contribution in [1.29, 1.82) is 0 Å². The number of amides is 2. The monoisotopic (exact) mass is 328 g/mol. The number of rotatable bonds is 6. The molecule has 0 aliphatic heterocycles. The van der Waals surface area contributed by atoms with Crippen LogP contribution in [-0.4, -0.2) is 18.4 Å². The van der Waals surface area contributed by atoms with Crippen LogP contribution in [0.3, 0.4) is 0 Å². The highest BCUT2D eigenvalue weighted by atomic mass is 19.1. The Morgan fingerprint density at radius 2 is 1.75 bits per heavy atom. The van der Waals surface area contributed by atoms with E-state index in [-0.39, 0.29) is 24.1 Å². The Hall–Kier alpha value is -2.69. The van der Waals surface area contributed by atoms with Crippen molar-refractivity contribution >= 4 is 11.8 Å². The summed E-state index contributed by atoms with van der Waals surface area (Å²) in [5.41, 5.74) is 2.09. The van der Waals surface area contributed by atoms with E-state index >= 15 is 0 Å². The van der Waals surface area contributed by atoms with Crippen molar-refractivity contribution in [2.45, 2.75) is 26.3 Å². The Balaban J connectivity index is 1.91. The maximum Gasteiger partial charge on any atom is 0.254 e. The molecule has 0 fully saturated rings. The lowest BCUT2D eigenvalue weighted by molar-refractivity contribution is -0.120. The standard InChI is InChI=1S/C19H21FN2O2/c1-3-17(14-10-8-13(2)9-11-14)22-18(23)12-21-19(24)15-6-4-5-7-16(15)20/h4-11,17H,3,12H2,1-2H3,(H,21,24)(H,22,23)/t17-/m0/s1. The highest BCUT2D eigenvalue weighted by Crippen LogP contribution is 2.16. The second kappa shape index (κ2) is 8.24. The predicted octanol–water partition coefficient (Wildman–Crippen LogP) is 3.13. The molecule has 0 bridgehead atoms. The molecule has 24 heavy (non-hydrogen) atoms. The van der Waals surface area contributed by atoms with Crippen molar-refractivity contribution in [3.05, 3.63) is 71.0 Å². The first-order chi connectivity index (χ1) is 11.5. The normalized spacial score (nSPS) is 11.6. The minimum atomic E-state index is -0.610. The number of halogens is 1. The van der Waals surface area contributed by atoms with Gasteiger partial charge < -0.3 is 10.6 Å². The molecule has 0 heterocycles. The Bertz CT molecular complexity index is 714. The molecule has 0 aliphatic rings. The molecular formula is C19H21FN2O2. The summed E-state index contributed by atoms with van der Waals surface area (Å²) in [7, 11) is 0. The first-order valence-corrected chi connectivity index (χ1v) is 7.90. The summed E-state index contributed by atoms with van der Waals surface area (Å²) in [4.78, 5) is 24.0. The zero-order valence-corrected chi connectivity index (χ0v) is 13.8. The fraction of sp³-hybridized carbons (Fsp3) is 0.263. The smallest absolute Gasteiger partial charge is 0.254 e. The van der Waals surface area contributed by atoms with Gasteiger partial charge in [-0.05, 0) is 31.0 Å². The SMILES string of the molecule is CC[C@H](NC(=O)CNC(=O)c1ccccc1F)c1ccc(C)cc1. The molecule has 2 amide bonds. The Morgan fingerprint density at radius 3 is 2.38 bits per heavy atom. The Labute approximate surface area is 141 Å². The van der Waals surface area contributed by atoms with Crippen molar-refractivity contribution in [1.82, 2.24) is 10.6 Å². The van der Waals surface area contributed by atoms with E-state index in [9.17, 15) is 14.0 Å². The van der Waals surface area contributed by atoms with Crippen molar-refractivity contribution in [2.75, 3.05) is 6.54 Å². The molecule has 2 aromatic rings. The summed E-state index contributed by atoms with van der Waals surface area (Å²) in [5.74, 6) is -1.53. The second-order valence-electron chi connectivity index (χ2n) is 5.60. The maximum absolute atomic E-state index is 13.5. The summed E-state index contributed by atoms with van der Waals surface area (Å²) in [6.07, 6.45) is 0.732. The van der Waals surface area contributed by atoms with Crippen LogP contribution >= 0.6 is 0 Å². The molecule has 4 nitrogen and oxygen atoms in total. The van der Waals surface area contributed by atoms with E-state index in [0.717, 1.165) is 17.5 Å². The lowest BCUT2D eigenvalue weighted by Gasteiger charge is -2.18. The van der Waals surface area contributed by atoms with Crippen LogP contribution in [0.2, 0.25) is 0 Å². The Kier molecular flexibility index (Phi) is 6.07. The molecular weight excluding hydrogens is 307 g/mol. The van der Waals surface area contributed by atoms with E-state index in [1.807, 2.05) is 38.1 Å². The average Bonchev–Trinajstić information content (AvgIpc) is 2.59. The fourth-order valence-electron chi connectivity index (χ4n) is 2.37. The minimum Gasteiger partial charge on any atom is -0.348 e. The number of carbonyl (C=O) groups is 2. The number of nitrogens with one attached hydrogen (secondary N) is 2. The van der Waals surface area contributed by atoms with Crippen molar-refractivity contribution in [2.24, 2.45) is 0 Å². The second-order valence-corrected chi connectivity index (χ2v) is 5.60.